The highest BCUT2D eigenvalue weighted by atomic mass is 17.2. The van der Waals surface area contributed by atoms with Gasteiger partial charge in [-0.15, -0.1) is 0 Å². The number of aromatic nitrogens is 4. The molecule has 8 rings (SSSR count). The van der Waals surface area contributed by atoms with Gasteiger partial charge in [0, 0.05) is 17.6 Å². The van der Waals surface area contributed by atoms with Crippen LogP contribution in [-0.2, 0) is 19.4 Å². The van der Waals surface area contributed by atoms with Crippen LogP contribution in [0.1, 0.15) is 149 Å². The Bertz CT molecular complexity index is 2340. The molecule has 2 aromatic heterocycles. The van der Waals surface area contributed by atoms with Crippen LogP contribution in [0.5, 0.6) is 11.8 Å². The third-order valence-electron chi connectivity index (χ3n) is 12.9. The number of fused-ring (bicyclic) bond motifs is 2. The summed E-state index contributed by atoms with van der Waals surface area (Å²) >= 11 is 0. The molecule has 2 aliphatic carbocycles. The number of rotatable bonds is 9. The van der Waals surface area contributed by atoms with Crippen LogP contribution in [0.3, 0.4) is 0 Å². The monoisotopic (exact) mass is 844 g/mol. The van der Waals surface area contributed by atoms with E-state index in [1.54, 1.807) is 6.92 Å². The second-order valence-corrected chi connectivity index (χ2v) is 18.2. The van der Waals surface area contributed by atoms with Crippen molar-refractivity contribution in [3.63, 3.8) is 0 Å². The summed E-state index contributed by atoms with van der Waals surface area (Å²) in [5, 5.41) is 9.01. The molecule has 2 aliphatic heterocycles. The highest BCUT2D eigenvalue weighted by Crippen LogP contribution is 2.44. The first-order valence-corrected chi connectivity index (χ1v) is 21.8. The Kier molecular flexibility index (Phi) is 13.0. The van der Waals surface area contributed by atoms with E-state index >= 15 is 0 Å². The molecule has 5 N–H and O–H groups in total. The first-order chi connectivity index (χ1) is 29.5. The molecular weight excluding hydrogens is 785 g/mol. The molecule has 2 aromatic carbocycles. The fourth-order valence-corrected chi connectivity index (χ4v) is 9.55. The molecule has 0 radical (unpaired) electrons. The topological polar surface area (TPSA) is 195 Å². The normalized spacial score (nSPS) is 22.2. The minimum atomic E-state index is -0.684. The van der Waals surface area contributed by atoms with E-state index < -0.39 is 17.2 Å². The standard InChI is InChI=1S/C25H31N3O4.C24H29N3O3/c1-15-27-23(26)20-14-21(25(2,3)31-24(20)28-15)19-11-9-18(10-12-19)17-7-5-16(6-8-17)13-22(29)32-30-4;1-14-26-22(25)19-13-20(24(2,3)30-23(19)27-14)18-10-8-17(9-11-18)16-6-4-15(5-7-16)12-21(28)29/h9-12,14,16-17H,5-8,13H2,1-4H3,(H2,26,27,28);8-11,13,15-16H,4-7,12H2,1-3H3,(H,28,29)(H2,25,26,27). The Labute approximate surface area is 364 Å². The Morgan fingerprint density at radius 1 is 0.645 bits per heavy atom. The Hall–Kier alpha value is -5.82. The number of hydrogen-bond donors (Lipinski definition) is 3. The van der Waals surface area contributed by atoms with Gasteiger partial charge in [-0.3, -0.25) is 9.68 Å². The molecule has 13 heteroatoms. The van der Waals surface area contributed by atoms with Gasteiger partial charge in [-0.25, -0.2) is 14.8 Å². The fourth-order valence-electron chi connectivity index (χ4n) is 9.55. The van der Waals surface area contributed by atoms with Gasteiger partial charge in [0.15, 0.2) is 0 Å². The van der Waals surface area contributed by atoms with E-state index in [0.29, 0.717) is 71.6 Å². The van der Waals surface area contributed by atoms with Crippen molar-refractivity contribution >= 4 is 46.9 Å². The SMILES string of the molecule is COOC(=O)CC1CCC(c2ccc(C3=Cc4c(N)nc(C)nc4OC3(C)C)cc2)CC1.Cc1nc(N)c2c(n1)OC(C)(C)C(c1ccc(C3CCC(CC(=O)O)CC3)cc1)=C2. The van der Waals surface area contributed by atoms with Crippen LogP contribution in [0.25, 0.3) is 23.3 Å². The maximum Gasteiger partial charge on any atom is 0.342 e. The van der Waals surface area contributed by atoms with Crippen molar-refractivity contribution in [2.45, 2.75) is 129 Å². The molecular formula is C49H60N6O7. The molecule has 0 amide bonds. The van der Waals surface area contributed by atoms with Gasteiger partial charge < -0.3 is 26.0 Å². The Morgan fingerprint density at radius 3 is 1.40 bits per heavy atom. The predicted molar refractivity (Wildman–Crippen MR) is 240 cm³/mol. The molecule has 0 atom stereocenters. The van der Waals surface area contributed by atoms with Crippen LogP contribution >= 0.6 is 0 Å². The molecule has 0 unspecified atom stereocenters. The van der Waals surface area contributed by atoms with Crippen molar-refractivity contribution in [1.29, 1.82) is 0 Å². The number of ether oxygens (including phenoxy) is 2. The van der Waals surface area contributed by atoms with Gasteiger partial charge in [0.25, 0.3) is 0 Å². The van der Waals surface area contributed by atoms with Crippen LogP contribution in [0.4, 0.5) is 11.6 Å². The van der Waals surface area contributed by atoms with Crippen LogP contribution in [0.2, 0.25) is 0 Å². The minimum absolute atomic E-state index is 0.284. The first-order valence-electron chi connectivity index (χ1n) is 21.8. The Morgan fingerprint density at radius 2 is 1.03 bits per heavy atom. The second-order valence-electron chi connectivity index (χ2n) is 18.2. The number of nitrogen functional groups attached to an aromatic ring is 2. The van der Waals surface area contributed by atoms with E-state index in [0.717, 1.165) is 84.8 Å². The third kappa shape index (κ3) is 10.1. The number of carbonyl (C=O) groups excluding carboxylic acids is 1. The van der Waals surface area contributed by atoms with Crippen molar-refractivity contribution in [2.75, 3.05) is 18.6 Å². The molecule has 0 saturated heterocycles. The van der Waals surface area contributed by atoms with Crippen LogP contribution in [0.15, 0.2) is 48.5 Å². The Balaban J connectivity index is 0.000000187. The lowest BCUT2D eigenvalue weighted by atomic mass is 9.77. The van der Waals surface area contributed by atoms with Crippen molar-refractivity contribution in [3.8, 4) is 11.8 Å². The lowest BCUT2D eigenvalue weighted by Crippen LogP contribution is -2.33. The van der Waals surface area contributed by atoms with Crippen LogP contribution < -0.4 is 20.9 Å². The predicted octanol–water partition coefficient (Wildman–Crippen LogP) is 9.67. The number of aryl methyl sites for hydroxylation is 2. The highest BCUT2D eigenvalue weighted by molar-refractivity contribution is 5.92. The maximum absolute atomic E-state index is 11.6. The minimum Gasteiger partial charge on any atom is -0.481 e. The van der Waals surface area contributed by atoms with E-state index in [9.17, 15) is 9.59 Å². The largest absolute Gasteiger partial charge is 0.481 e. The summed E-state index contributed by atoms with van der Waals surface area (Å²) in [5.74, 6) is 3.86. The van der Waals surface area contributed by atoms with Gasteiger partial charge in [-0.1, -0.05) is 48.5 Å². The van der Waals surface area contributed by atoms with Crippen molar-refractivity contribution in [1.82, 2.24) is 19.9 Å². The number of anilines is 2. The summed E-state index contributed by atoms with van der Waals surface area (Å²) in [5.41, 5.74) is 19.6. The average Bonchev–Trinajstić information content (AvgIpc) is 3.20. The van der Waals surface area contributed by atoms with Gasteiger partial charge in [0.05, 0.1) is 24.7 Å². The van der Waals surface area contributed by atoms with Crippen molar-refractivity contribution in [2.24, 2.45) is 11.8 Å². The van der Waals surface area contributed by atoms with E-state index in [2.05, 4.69) is 78.2 Å². The summed E-state index contributed by atoms with van der Waals surface area (Å²) in [6, 6.07) is 17.4. The van der Waals surface area contributed by atoms with E-state index in [1.807, 2.05) is 46.8 Å². The lowest BCUT2D eigenvalue weighted by molar-refractivity contribution is -0.256. The molecule has 328 valence electrons. The summed E-state index contributed by atoms with van der Waals surface area (Å²) in [4.78, 5) is 49.0. The zero-order valence-corrected chi connectivity index (χ0v) is 37.0. The molecule has 2 fully saturated rings. The molecule has 13 nitrogen and oxygen atoms in total. The van der Waals surface area contributed by atoms with E-state index in [-0.39, 0.29) is 5.97 Å². The summed E-state index contributed by atoms with van der Waals surface area (Å²) in [6.45, 7) is 11.8. The number of carboxylic acids is 1. The summed E-state index contributed by atoms with van der Waals surface area (Å²) in [6.07, 6.45) is 13.1. The number of aliphatic carboxylic acids is 1. The first kappa shape index (κ1) is 44.2. The number of carbonyl (C=O) groups is 2. The number of nitrogens with two attached hydrogens (primary N) is 2. The third-order valence-corrected chi connectivity index (χ3v) is 12.9. The fraction of sp³-hybridized carbons (Fsp3) is 0.469. The zero-order valence-electron chi connectivity index (χ0n) is 37.0. The number of carboxylic acid groups (broad SMARTS) is 1. The maximum atomic E-state index is 11.6. The highest BCUT2D eigenvalue weighted by Gasteiger charge is 2.35. The molecule has 4 aromatic rings. The van der Waals surface area contributed by atoms with Crippen LogP contribution in [-0.4, -0.2) is 55.3 Å². The van der Waals surface area contributed by atoms with Gasteiger partial charge in [-0.2, -0.15) is 14.9 Å². The summed E-state index contributed by atoms with van der Waals surface area (Å²) < 4.78 is 12.4. The van der Waals surface area contributed by atoms with Crippen molar-refractivity contribution < 1.29 is 33.9 Å². The molecule has 2 saturated carbocycles. The molecule has 0 bridgehead atoms. The molecule has 4 heterocycles. The molecule has 4 aliphatic rings. The summed E-state index contributed by atoms with van der Waals surface area (Å²) in [7, 11) is 1.36. The average molecular weight is 845 g/mol. The number of nitrogens with zero attached hydrogens (tertiary/aromatic N) is 4. The lowest BCUT2D eigenvalue weighted by Gasteiger charge is -2.34. The quantitative estimate of drug-likeness (QED) is 0.107. The molecule has 0 spiro atoms. The van der Waals surface area contributed by atoms with E-state index in [4.69, 9.17) is 26.0 Å². The van der Waals surface area contributed by atoms with Gasteiger partial charge in [0.1, 0.15) is 34.5 Å². The smallest absolute Gasteiger partial charge is 0.342 e. The van der Waals surface area contributed by atoms with Crippen molar-refractivity contribution in [3.05, 3.63) is 93.6 Å². The van der Waals surface area contributed by atoms with Gasteiger partial charge in [0.2, 0.25) is 11.8 Å². The van der Waals surface area contributed by atoms with E-state index in [1.165, 1.54) is 18.2 Å². The zero-order chi connectivity index (χ0) is 44.3. The second kappa shape index (κ2) is 18.3. The molecule has 62 heavy (non-hydrogen) atoms. The van der Waals surface area contributed by atoms with Gasteiger partial charge in [-0.05, 0) is 151 Å². The van der Waals surface area contributed by atoms with Gasteiger partial charge >= 0.3 is 11.9 Å². The number of benzene rings is 2. The number of hydrogen-bond acceptors (Lipinski definition) is 12. The van der Waals surface area contributed by atoms with Crippen LogP contribution in [0, 0.1) is 25.7 Å².